The van der Waals surface area contributed by atoms with Crippen LogP contribution in [0.4, 0.5) is 0 Å². The number of carbonyl (C=O) groups excluding carboxylic acids is 1. The van der Waals surface area contributed by atoms with Gasteiger partial charge in [0.2, 0.25) is 5.91 Å². The maximum Gasteiger partial charge on any atom is 0.239 e. The Hall–Kier alpha value is -0.580. The minimum absolute atomic E-state index is 0. The molecule has 0 saturated carbocycles. The Morgan fingerprint density at radius 2 is 2.18 bits per heavy atom. The minimum atomic E-state index is -0.381. The molecule has 1 heterocycles. The molecule has 3 nitrogen and oxygen atoms in total. The van der Waals surface area contributed by atoms with Gasteiger partial charge < -0.3 is 10.6 Å². The van der Waals surface area contributed by atoms with Crippen LogP contribution in [-0.4, -0.2) is 30.4 Å². The minimum Gasteiger partial charge on any atom is -0.344 e. The molecule has 0 aliphatic heterocycles. The Kier molecular flexibility index (Phi) is 7.43. The number of hydrogen-bond acceptors (Lipinski definition) is 3. The van der Waals surface area contributed by atoms with Crippen LogP contribution in [0.25, 0.3) is 0 Å². The maximum absolute atomic E-state index is 11.8. The zero-order valence-corrected chi connectivity index (χ0v) is 12.2. The molecule has 17 heavy (non-hydrogen) atoms. The lowest BCUT2D eigenvalue weighted by atomic mass is 10.0. The van der Waals surface area contributed by atoms with E-state index in [4.69, 9.17) is 5.73 Å². The predicted molar refractivity (Wildman–Crippen MR) is 75.7 cm³/mol. The van der Waals surface area contributed by atoms with E-state index < -0.39 is 0 Å². The zero-order valence-electron chi connectivity index (χ0n) is 10.6. The zero-order chi connectivity index (χ0) is 12.1. The smallest absolute Gasteiger partial charge is 0.239 e. The molecule has 0 aromatic carbocycles. The summed E-state index contributed by atoms with van der Waals surface area (Å²) in [5.74, 6) is 0.225. The highest BCUT2D eigenvalue weighted by Crippen LogP contribution is 2.10. The Bertz CT molecular complexity index is 327. The van der Waals surface area contributed by atoms with E-state index in [1.54, 1.807) is 16.2 Å². The van der Waals surface area contributed by atoms with Crippen LogP contribution < -0.4 is 5.73 Å². The molecule has 0 fully saturated rings. The van der Waals surface area contributed by atoms with Crippen molar-refractivity contribution in [3.63, 3.8) is 0 Å². The molecule has 1 amide bonds. The number of halogens is 1. The van der Waals surface area contributed by atoms with E-state index in [2.05, 4.69) is 11.4 Å². The third kappa shape index (κ3) is 5.06. The van der Waals surface area contributed by atoms with E-state index in [0.717, 1.165) is 13.0 Å². The van der Waals surface area contributed by atoms with Crippen molar-refractivity contribution in [1.29, 1.82) is 0 Å². The molecule has 1 rings (SSSR count). The molecule has 2 N–H and O–H groups in total. The Morgan fingerprint density at radius 1 is 1.53 bits per heavy atom. The fraction of sp³-hybridized carbons (Fsp3) is 0.583. The van der Waals surface area contributed by atoms with E-state index in [1.807, 2.05) is 27.0 Å². The van der Waals surface area contributed by atoms with Crippen LogP contribution >= 0.6 is 23.7 Å². The molecule has 1 aromatic heterocycles. The number of likely N-dealkylation sites (N-methyl/N-ethyl adjacent to an activating group) is 1. The van der Waals surface area contributed by atoms with Gasteiger partial charge in [-0.05, 0) is 23.8 Å². The predicted octanol–water partition coefficient (Wildman–Crippen LogP) is 2.15. The quantitative estimate of drug-likeness (QED) is 0.896. The molecular formula is C12H21ClN2OS. The molecule has 5 heteroatoms. The number of hydrogen-bond donors (Lipinski definition) is 1. The summed E-state index contributed by atoms with van der Waals surface area (Å²) in [5.41, 5.74) is 5.82. The Balaban J connectivity index is 0.00000256. The second-order valence-electron chi connectivity index (χ2n) is 4.36. The Labute approximate surface area is 113 Å². The number of thiophene rings is 1. The summed E-state index contributed by atoms with van der Waals surface area (Å²) in [6.45, 7) is 4.67. The van der Waals surface area contributed by atoms with Crippen LogP contribution in [0.3, 0.4) is 0 Å². The van der Waals surface area contributed by atoms with Crippen molar-refractivity contribution in [2.24, 2.45) is 11.7 Å². The average Bonchev–Trinajstić information content (AvgIpc) is 2.76. The highest BCUT2D eigenvalue weighted by atomic mass is 35.5. The van der Waals surface area contributed by atoms with Gasteiger partial charge in [-0.15, -0.1) is 23.7 Å². The summed E-state index contributed by atoms with van der Waals surface area (Å²) in [6.07, 6.45) is 0.907. The van der Waals surface area contributed by atoms with Crippen LogP contribution in [0.5, 0.6) is 0 Å². The SMILES string of the molecule is CC(C)[C@H](N)C(=O)N(C)CCc1cccs1.Cl. The topological polar surface area (TPSA) is 46.3 Å². The van der Waals surface area contributed by atoms with Gasteiger partial charge in [0, 0.05) is 18.5 Å². The first-order chi connectivity index (χ1) is 7.52. The first-order valence-electron chi connectivity index (χ1n) is 5.55. The summed E-state index contributed by atoms with van der Waals surface area (Å²) in [5, 5.41) is 2.05. The van der Waals surface area contributed by atoms with Gasteiger partial charge in [-0.3, -0.25) is 4.79 Å². The van der Waals surface area contributed by atoms with E-state index in [0.29, 0.717) is 0 Å². The summed E-state index contributed by atoms with van der Waals surface area (Å²) < 4.78 is 0. The van der Waals surface area contributed by atoms with Crippen molar-refractivity contribution in [3.8, 4) is 0 Å². The van der Waals surface area contributed by atoms with Gasteiger partial charge in [-0.2, -0.15) is 0 Å². The number of nitrogens with zero attached hydrogens (tertiary/aromatic N) is 1. The molecular weight excluding hydrogens is 256 g/mol. The highest BCUT2D eigenvalue weighted by molar-refractivity contribution is 7.09. The van der Waals surface area contributed by atoms with Crippen LogP contribution in [0.2, 0.25) is 0 Å². The molecule has 0 unspecified atom stereocenters. The largest absolute Gasteiger partial charge is 0.344 e. The number of carbonyl (C=O) groups is 1. The van der Waals surface area contributed by atoms with E-state index in [9.17, 15) is 4.79 Å². The van der Waals surface area contributed by atoms with Crippen molar-refractivity contribution in [2.45, 2.75) is 26.3 Å². The van der Waals surface area contributed by atoms with Crippen LogP contribution in [0.1, 0.15) is 18.7 Å². The number of amides is 1. The van der Waals surface area contributed by atoms with Crippen LogP contribution in [0, 0.1) is 5.92 Å². The number of nitrogens with two attached hydrogens (primary N) is 1. The summed E-state index contributed by atoms with van der Waals surface area (Å²) >= 11 is 1.72. The fourth-order valence-corrected chi connectivity index (χ4v) is 2.08. The van der Waals surface area contributed by atoms with E-state index in [1.165, 1.54) is 4.88 Å². The van der Waals surface area contributed by atoms with Gasteiger partial charge in [-0.25, -0.2) is 0 Å². The van der Waals surface area contributed by atoms with Gasteiger partial charge in [0.05, 0.1) is 6.04 Å². The molecule has 0 aliphatic carbocycles. The van der Waals surface area contributed by atoms with Crippen LogP contribution in [0.15, 0.2) is 17.5 Å². The van der Waals surface area contributed by atoms with Gasteiger partial charge >= 0.3 is 0 Å². The Morgan fingerprint density at radius 3 is 2.65 bits per heavy atom. The van der Waals surface area contributed by atoms with Gasteiger partial charge in [0.25, 0.3) is 0 Å². The molecule has 1 atom stereocenters. The molecule has 0 aliphatic rings. The maximum atomic E-state index is 11.8. The molecule has 0 spiro atoms. The molecule has 0 saturated heterocycles. The van der Waals surface area contributed by atoms with Crippen molar-refractivity contribution < 1.29 is 4.79 Å². The molecule has 0 bridgehead atoms. The average molecular weight is 277 g/mol. The van der Waals surface area contributed by atoms with E-state index in [-0.39, 0.29) is 30.3 Å². The number of rotatable bonds is 5. The molecule has 0 radical (unpaired) electrons. The summed E-state index contributed by atoms with van der Waals surface area (Å²) in [7, 11) is 1.82. The monoisotopic (exact) mass is 276 g/mol. The molecule has 1 aromatic rings. The summed E-state index contributed by atoms with van der Waals surface area (Å²) in [4.78, 5) is 14.9. The normalized spacial score (nSPS) is 12.1. The van der Waals surface area contributed by atoms with Crippen molar-refractivity contribution in [3.05, 3.63) is 22.4 Å². The first-order valence-corrected chi connectivity index (χ1v) is 6.43. The summed E-state index contributed by atoms with van der Waals surface area (Å²) in [6, 6.07) is 3.74. The third-order valence-corrected chi connectivity index (χ3v) is 3.59. The van der Waals surface area contributed by atoms with Gasteiger partial charge in [0.1, 0.15) is 0 Å². The lowest BCUT2D eigenvalue weighted by molar-refractivity contribution is -0.132. The second-order valence-corrected chi connectivity index (χ2v) is 5.39. The van der Waals surface area contributed by atoms with Crippen molar-refractivity contribution in [2.75, 3.05) is 13.6 Å². The van der Waals surface area contributed by atoms with Crippen molar-refractivity contribution in [1.82, 2.24) is 4.90 Å². The van der Waals surface area contributed by atoms with Gasteiger partial charge in [-0.1, -0.05) is 19.9 Å². The third-order valence-electron chi connectivity index (χ3n) is 2.65. The fourth-order valence-electron chi connectivity index (χ4n) is 1.38. The van der Waals surface area contributed by atoms with Crippen molar-refractivity contribution >= 4 is 29.7 Å². The lowest BCUT2D eigenvalue weighted by Gasteiger charge is -2.23. The first kappa shape index (κ1) is 16.4. The van der Waals surface area contributed by atoms with E-state index >= 15 is 0 Å². The lowest BCUT2D eigenvalue weighted by Crippen LogP contribution is -2.45. The second kappa shape index (κ2) is 7.69. The van der Waals surface area contributed by atoms with Gasteiger partial charge in [0.15, 0.2) is 0 Å². The van der Waals surface area contributed by atoms with Crippen LogP contribution in [-0.2, 0) is 11.2 Å². The molecule has 98 valence electrons. The standard InChI is InChI=1S/C12H20N2OS.ClH/c1-9(2)11(13)12(15)14(3)7-6-10-5-4-8-16-10;/h4-5,8-9,11H,6-7,13H2,1-3H3;1H/t11-;/m0./s1. The highest BCUT2D eigenvalue weighted by Gasteiger charge is 2.20.